The average Bonchev–Trinajstić information content (AvgIpc) is 3.10. The van der Waals surface area contributed by atoms with Crippen molar-refractivity contribution in [3.8, 4) is 0 Å². The second kappa shape index (κ2) is 5.69. The molecule has 2 rings (SSSR count). The average molecular weight is 259 g/mol. The molecular formula is C15H17NO3. The number of amides is 1. The Morgan fingerprint density at radius 3 is 2.53 bits per heavy atom. The Morgan fingerprint density at radius 2 is 2.00 bits per heavy atom. The summed E-state index contributed by atoms with van der Waals surface area (Å²) in [6.45, 7) is 2.92. The topological polar surface area (TPSA) is 66.4 Å². The minimum Gasteiger partial charge on any atom is -0.478 e. The van der Waals surface area contributed by atoms with Crippen molar-refractivity contribution in [2.24, 2.45) is 11.8 Å². The second-order valence-corrected chi connectivity index (χ2v) is 4.98. The number of carbonyl (C=O) groups excluding carboxylic acids is 1. The first-order valence-corrected chi connectivity index (χ1v) is 6.35. The predicted molar refractivity (Wildman–Crippen MR) is 72.7 cm³/mol. The maximum Gasteiger partial charge on any atom is 0.328 e. The van der Waals surface area contributed by atoms with Crippen LogP contribution in [-0.4, -0.2) is 23.5 Å². The van der Waals surface area contributed by atoms with Crippen LogP contribution in [0.5, 0.6) is 0 Å². The van der Waals surface area contributed by atoms with Crippen molar-refractivity contribution in [3.63, 3.8) is 0 Å². The Labute approximate surface area is 112 Å². The van der Waals surface area contributed by atoms with Gasteiger partial charge in [0.15, 0.2) is 0 Å². The third-order valence-corrected chi connectivity index (χ3v) is 3.39. The quantitative estimate of drug-likeness (QED) is 0.796. The van der Waals surface area contributed by atoms with E-state index in [9.17, 15) is 9.59 Å². The molecule has 1 aliphatic rings. The number of hydrogen-bond acceptors (Lipinski definition) is 2. The highest BCUT2D eigenvalue weighted by atomic mass is 16.4. The third-order valence-electron chi connectivity index (χ3n) is 3.39. The molecule has 1 aromatic rings. The normalized spacial score (nSPS) is 21.3. The standard InChI is InChI=1S/C15H17NO3/c1-10-8-13(10)9-16-15(19)12-5-2-11(3-6-12)4-7-14(17)18/h2-7,10,13H,8-9H2,1H3,(H,16,19)(H,17,18)/b7-4+. The van der Waals surface area contributed by atoms with E-state index >= 15 is 0 Å². The van der Waals surface area contributed by atoms with Gasteiger partial charge >= 0.3 is 5.97 Å². The van der Waals surface area contributed by atoms with Crippen LogP contribution in [0.25, 0.3) is 6.08 Å². The van der Waals surface area contributed by atoms with Crippen LogP contribution in [0.15, 0.2) is 30.3 Å². The van der Waals surface area contributed by atoms with Gasteiger partial charge in [-0.15, -0.1) is 0 Å². The predicted octanol–water partition coefficient (Wildman–Crippen LogP) is 2.17. The van der Waals surface area contributed by atoms with Crippen molar-refractivity contribution < 1.29 is 14.7 Å². The molecule has 0 bridgehead atoms. The molecule has 0 saturated heterocycles. The Balaban J connectivity index is 1.89. The van der Waals surface area contributed by atoms with Gasteiger partial charge in [-0.2, -0.15) is 0 Å². The van der Waals surface area contributed by atoms with E-state index in [2.05, 4.69) is 12.2 Å². The molecule has 4 heteroatoms. The minimum atomic E-state index is -0.986. The zero-order valence-corrected chi connectivity index (χ0v) is 10.8. The third kappa shape index (κ3) is 3.95. The lowest BCUT2D eigenvalue weighted by molar-refractivity contribution is -0.131. The van der Waals surface area contributed by atoms with E-state index in [1.807, 2.05) is 0 Å². The summed E-state index contributed by atoms with van der Waals surface area (Å²) in [6, 6.07) is 6.86. The molecular weight excluding hydrogens is 242 g/mol. The van der Waals surface area contributed by atoms with Crippen LogP contribution in [0.2, 0.25) is 0 Å². The molecule has 0 aromatic heterocycles. The minimum absolute atomic E-state index is 0.0761. The van der Waals surface area contributed by atoms with Gasteiger partial charge in [0, 0.05) is 18.2 Å². The lowest BCUT2D eigenvalue weighted by atomic mass is 10.1. The largest absolute Gasteiger partial charge is 0.478 e. The van der Waals surface area contributed by atoms with Crippen LogP contribution in [0.1, 0.15) is 29.3 Å². The SMILES string of the molecule is CC1CC1CNC(=O)c1ccc(/C=C/C(=O)O)cc1. The Kier molecular flexibility index (Phi) is 4.00. The molecule has 4 nitrogen and oxygen atoms in total. The van der Waals surface area contributed by atoms with E-state index in [1.54, 1.807) is 24.3 Å². The summed E-state index contributed by atoms with van der Waals surface area (Å²) < 4.78 is 0. The van der Waals surface area contributed by atoms with E-state index in [4.69, 9.17) is 5.11 Å². The summed E-state index contributed by atoms with van der Waals surface area (Å²) in [6.07, 6.45) is 3.76. The highest BCUT2D eigenvalue weighted by molar-refractivity contribution is 5.94. The van der Waals surface area contributed by atoms with Crippen LogP contribution in [0.3, 0.4) is 0 Å². The molecule has 0 aliphatic heterocycles. The smallest absolute Gasteiger partial charge is 0.328 e. The highest BCUT2D eigenvalue weighted by Crippen LogP contribution is 2.36. The van der Waals surface area contributed by atoms with Gasteiger partial charge in [0.25, 0.3) is 5.91 Å². The van der Waals surface area contributed by atoms with Gasteiger partial charge in [-0.3, -0.25) is 4.79 Å². The number of nitrogens with one attached hydrogen (secondary N) is 1. The molecule has 1 fully saturated rings. The first kappa shape index (κ1) is 13.3. The van der Waals surface area contributed by atoms with Crippen LogP contribution < -0.4 is 5.32 Å². The van der Waals surface area contributed by atoms with E-state index in [1.165, 1.54) is 12.5 Å². The zero-order chi connectivity index (χ0) is 13.8. The van der Waals surface area contributed by atoms with E-state index in [-0.39, 0.29) is 5.91 Å². The summed E-state index contributed by atoms with van der Waals surface area (Å²) in [4.78, 5) is 22.2. The van der Waals surface area contributed by atoms with E-state index < -0.39 is 5.97 Å². The fraction of sp³-hybridized carbons (Fsp3) is 0.333. The molecule has 2 N–H and O–H groups in total. The van der Waals surface area contributed by atoms with Gasteiger partial charge in [-0.1, -0.05) is 19.1 Å². The summed E-state index contributed by atoms with van der Waals surface area (Å²) in [7, 11) is 0. The molecule has 1 amide bonds. The molecule has 1 saturated carbocycles. The van der Waals surface area contributed by atoms with E-state index in [0.29, 0.717) is 11.5 Å². The molecule has 0 heterocycles. The van der Waals surface area contributed by atoms with Gasteiger partial charge in [0.2, 0.25) is 0 Å². The molecule has 2 unspecified atom stereocenters. The maximum absolute atomic E-state index is 11.8. The van der Waals surface area contributed by atoms with Crippen molar-refractivity contribution in [2.45, 2.75) is 13.3 Å². The number of carbonyl (C=O) groups is 2. The Hall–Kier alpha value is -2.10. The van der Waals surface area contributed by atoms with E-state index in [0.717, 1.165) is 24.1 Å². The zero-order valence-electron chi connectivity index (χ0n) is 10.8. The fourth-order valence-electron chi connectivity index (χ4n) is 1.92. The maximum atomic E-state index is 11.8. The van der Waals surface area contributed by atoms with Crippen molar-refractivity contribution in [3.05, 3.63) is 41.5 Å². The monoisotopic (exact) mass is 259 g/mol. The first-order valence-electron chi connectivity index (χ1n) is 6.35. The van der Waals surface area contributed by atoms with Crippen LogP contribution in [-0.2, 0) is 4.79 Å². The van der Waals surface area contributed by atoms with Crippen molar-refractivity contribution in [1.82, 2.24) is 5.32 Å². The summed E-state index contributed by atoms with van der Waals surface area (Å²) in [5.41, 5.74) is 1.36. The second-order valence-electron chi connectivity index (χ2n) is 4.98. The Bertz CT molecular complexity index is 505. The number of hydrogen-bond donors (Lipinski definition) is 2. The van der Waals surface area contributed by atoms with Crippen LogP contribution >= 0.6 is 0 Å². The van der Waals surface area contributed by atoms with Gasteiger partial charge in [0.1, 0.15) is 0 Å². The van der Waals surface area contributed by atoms with Gasteiger partial charge in [-0.05, 0) is 42.0 Å². The number of rotatable bonds is 5. The molecule has 100 valence electrons. The van der Waals surface area contributed by atoms with Crippen molar-refractivity contribution in [1.29, 1.82) is 0 Å². The number of aliphatic carboxylic acids is 1. The molecule has 2 atom stereocenters. The molecule has 0 radical (unpaired) electrons. The van der Waals surface area contributed by atoms with Crippen molar-refractivity contribution in [2.75, 3.05) is 6.54 Å². The van der Waals surface area contributed by atoms with Crippen molar-refractivity contribution >= 4 is 18.0 Å². The highest BCUT2D eigenvalue weighted by Gasteiger charge is 2.32. The first-order chi connectivity index (χ1) is 9.06. The van der Waals surface area contributed by atoms with Gasteiger partial charge in [0.05, 0.1) is 0 Å². The van der Waals surface area contributed by atoms with Crippen LogP contribution in [0, 0.1) is 11.8 Å². The lowest BCUT2D eigenvalue weighted by Gasteiger charge is -2.04. The number of benzene rings is 1. The molecule has 1 aliphatic carbocycles. The lowest BCUT2D eigenvalue weighted by Crippen LogP contribution is -2.25. The number of carboxylic acids is 1. The molecule has 19 heavy (non-hydrogen) atoms. The fourth-order valence-corrected chi connectivity index (χ4v) is 1.92. The summed E-state index contributed by atoms with van der Waals surface area (Å²) in [5, 5.41) is 11.4. The summed E-state index contributed by atoms with van der Waals surface area (Å²) in [5.74, 6) is 0.291. The number of carboxylic acid groups (broad SMARTS) is 1. The summed E-state index contributed by atoms with van der Waals surface area (Å²) >= 11 is 0. The molecule has 1 aromatic carbocycles. The van der Waals surface area contributed by atoms with Gasteiger partial charge < -0.3 is 10.4 Å². The van der Waals surface area contributed by atoms with Crippen LogP contribution in [0.4, 0.5) is 0 Å². The van der Waals surface area contributed by atoms with Gasteiger partial charge in [-0.25, -0.2) is 4.79 Å². The molecule has 0 spiro atoms. The Morgan fingerprint density at radius 1 is 1.37 bits per heavy atom.